The molecule has 1 saturated carbocycles. The van der Waals surface area contributed by atoms with Crippen molar-refractivity contribution in [3.63, 3.8) is 0 Å². The molecule has 142 valence electrons. The summed E-state index contributed by atoms with van der Waals surface area (Å²) in [5, 5.41) is 7.10. The number of aliphatic imine (C=N–C) groups is 1. The van der Waals surface area contributed by atoms with Crippen molar-refractivity contribution in [2.75, 3.05) is 47.9 Å². The number of nitrogens with one attached hydrogen (secondary N) is 2. The Hall–Kier alpha value is -0.810. The van der Waals surface area contributed by atoms with E-state index in [0.29, 0.717) is 17.4 Å². The van der Waals surface area contributed by atoms with Gasteiger partial charge in [0.25, 0.3) is 0 Å². The van der Waals surface area contributed by atoms with Crippen LogP contribution in [0.4, 0.5) is 0 Å². The molecule has 1 aliphatic carbocycles. The Kier molecular flexibility index (Phi) is 9.67. The molecule has 1 rings (SSSR count). The molecule has 5 nitrogen and oxygen atoms in total. The first kappa shape index (κ1) is 21.2. The van der Waals surface area contributed by atoms with Crippen LogP contribution in [0.25, 0.3) is 0 Å². The first-order valence-electron chi connectivity index (χ1n) is 9.61. The van der Waals surface area contributed by atoms with Crippen LogP contribution < -0.4 is 10.6 Å². The number of ether oxygens (including phenoxy) is 1. The zero-order chi connectivity index (χ0) is 18.0. The Morgan fingerprint density at radius 3 is 2.29 bits per heavy atom. The zero-order valence-corrected chi connectivity index (χ0v) is 16.8. The summed E-state index contributed by atoms with van der Waals surface area (Å²) in [6.45, 7) is 7.35. The minimum atomic E-state index is 0.407. The third kappa shape index (κ3) is 6.25. The van der Waals surface area contributed by atoms with E-state index in [1.807, 2.05) is 7.05 Å². The topological polar surface area (TPSA) is 48.9 Å². The molecule has 1 aliphatic rings. The minimum absolute atomic E-state index is 0.407. The van der Waals surface area contributed by atoms with Crippen LogP contribution in [0.1, 0.15) is 52.4 Å². The lowest BCUT2D eigenvalue weighted by Crippen LogP contribution is -2.51. The van der Waals surface area contributed by atoms with E-state index in [1.54, 1.807) is 7.11 Å². The predicted octanol–water partition coefficient (Wildman–Crippen LogP) is 2.72. The largest absolute Gasteiger partial charge is 0.385 e. The summed E-state index contributed by atoms with van der Waals surface area (Å²) in [5.74, 6) is 1.64. The number of rotatable bonds is 11. The third-order valence-electron chi connectivity index (χ3n) is 5.84. The van der Waals surface area contributed by atoms with Gasteiger partial charge in [-0.2, -0.15) is 0 Å². The van der Waals surface area contributed by atoms with Gasteiger partial charge in [0.05, 0.1) is 0 Å². The maximum Gasteiger partial charge on any atom is 0.191 e. The molecular formula is C19H40N4O. The summed E-state index contributed by atoms with van der Waals surface area (Å²) in [7, 11) is 8.00. The van der Waals surface area contributed by atoms with Gasteiger partial charge in [0.15, 0.2) is 5.96 Å². The van der Waals surface area contributed by atoms with E-state index in [0.717, 1.165) is 32.1 Å². The van der Waals surface area contributed by atoms with Gasteiger partial charge in [-0.15, -0.1) is 0 Å². The van der Waals surface area contributed by atoms with Gasteiger partial charge in [0.1, 0.15) is 0 Å². The van der Waals surface area contributed by atoms with Crippen molar-refractivity contribution in [1.82, 2.24) is 15.5 Å². The highest BCUT2D eigenvalue weighted by Crippen LogP contribution is 2.43. The van der Waals surface area contributed by atoms with Crippen molar-refractivity contribution >= 4 is 5.96 Å². The molecular weight excluding hydrogens is 300 g/mol. The normalized spacial score (nSPS) is 18.6. The number of methoxy groups -OCH3 is 1. The second-order valence-electron chi connectivity index (χ2n) is 7.51. The molecule has 0 aromatic rings. The Morgan fingerprint density at radius 2 is 1.88 bits per heavy atom. The molecule has 24 heavy (non-hydrogen) atoms. The Labute approximate surface area is 149 Å². The molecule has 0 aromatic heterocycles. The average molecular weight is 341 g/mol. The molecule has 1 fully saturated rings. The summed E-state index contributed by atoms with van der Waals surface area (Å²) in [5.41, 5.74) is 0.407. The second-order valence-corrected chi connectivity index (χ2v) is 7.51. The van der Waals surface area contributed by atoms with Crippen molar-refractivity contribution in [3.8, 4) is 0 Å². The van der Waals surface area contributed by atoms with Crippen LogP contribution in [0, 0.1) is 11.3 Å². The number of likely N-dealkylation sites (N-methyl/N-ethyl adjacent to an activating group) is 1. The maximum absolute atomic E-state index is 5.28. The Bertz CT molecular complexity index is 362. The van der Waals surface area contributed by atoms with E-state index in [4.69, 9.17) is 4.74 Å². The molecule has 1 unspecified atom stereocenters. The Balaban J connectivity index is 2.49. The van der Waals surface area contributed by atoms with Crippen molar-refractivity contribution in [2.24, 2.45) is 16.3 Å². The standard InChI is InChI=1S/C19H40N4O/c1-7-16(8-2)17(23(4)5)14-21-18(20-3)22-15-19(10-9-11-19)12-13-24-6/h16-17H,7-15H2,1-6H3,(H2,20,21,22). The van der Waals surface area contributed by atoms with Crippen LogP contribution in [0.3, 0.4) is 0 Å². The highest BCUT2D eigenvalue weighted by Gasteiger charge is 2.36. The number of nitrogens with zero attached hydrogens (tertiary/aromatic N) is 2. The molecule has 1 atom stereocenters. The highest BCUT2D eigenvalue weighted by molar-refractivity contribution is 5.79. The second kappa shape index (κ2) is 10.9. The zero-order valence-electron chi connectivity index (χ0n) is 16.8. The smallest absolute Gasteiger partial charge is 0.191 e. The molecule has 0 bridgehead atoms. The first-order valence-corrected chi connectivity index (χ1v) is 9.61. The molecule has 0 amide bonds. The van der Waals surface area contributed by atoms with Crippen LogP contribution in [0.2, 0.25) is 0 Å². The third-order valence-corrected chi connectivity index (χ3v) is 5.84. The van der Waals surface area contributed by atoms with E-state index >= 15 is 0 Å². The van der Waals surface area contributed by atoms with Gasteiger partial charge in [0, 0.05) is 39.9 Å². The fourth-order valence-electron chi connectivity index (χ4n) is 3.81. The van der Waals surface area contributed by atoms with Gasteiger partial charge in [-0.1, -0.05) is 33.1 Å². The fourth-order valence-corrected chi connectivity index (χ4v) is 3.81. The molecule has 0 aromatic carbocycles. The van der Waals surface area contributed by atoms with Crippen molar-refractivity contribution in [2.45, 2.75) is 58.4 Å². The van der Waals surface area contributed by atoms with E-state index < -0.39 is 0 Å². The summed E-state index contributed by atoms with van der Waals surface area (Å²) in [6.07, 6.45) is 7.51. The lowest BCUT2D eigenvalue weighted by atomic mass is 9.67. The lowest BCUT2D eigenvalue weighted by molar-refractivity contribution is 0.0732. The molecule has 0 aliphatic heterocycles. The molecule has 5 heteroatoms. The molecule has 0 radical (unpaired) electrons. The van der Waals surface area contributed by atoms with Crippen molar-refractivity contribution in [3.05, 3.63) is 0 Å². The van der Waals surface area contributed by atoms with Crippen LogP contribution >= 0.6 is 0 Å². The Morgan fingerprint density at radius 1 is 1.21 bits per heavy atom. The van der Waals surface area contributed by atoms with Gasteiger partial charge < -0.3 is 20.3 Å². The van der Waals surface area contributed by atoms with Gasteiger partial charge in [-0.3, -0.25) is 4.99 Å². The van der Waals surface area contributed by atoms with Crippen molar-refractivity contribution in [1.29, 1.82) is 0 Å². The van der Waals surface area contributed by atoms with E-state index in [9.17, 15) is 0 Å². The van der Waals surface area contributed by atoms with Crippen LogP contribution in [-0.2, 0) is 4.74 Å². The summed E-state index contributed by atoms with van der Waals surface area (Å²) >= 11 is 0. The molecule has 0 saturated heterocycles. The van der Waals surface area contributed by atoms with Gasteiger partial charge in [0.2, 0.25) is 0 Å². The molecule has 0 spiro atoms. The monoisotopic (exact) mass is 340 g/mol. The summed E-state index contributed by atoms with van der Waals surface area (Å²) < 4.78 is 5.28. The van der Waals surface area contributed by atoms with Gasteiger partial charge in [-0.25, -0.2) is 0 Å². The fraction of sp³-hybridized carbons (Fsp3) is 0.947. The molecule has 0 heterocycles. The lowest BCUT2D eigenvalue weighted by Gasteiger charge is -2.42. The van der Waals surface area contributed by atoms with E-state index in [1.165, 1.54) is 32.1 Å². The average Bonchev–Trinajstić information content (AvgIpc) is 2.54. The summed E-state index contributed by atoms with van der Waals surface area (Å²) in [4.78, 5) is 6.75. The minimum Gasteiger partial charge on any atom is -0.385 e. The predicted molar refractivity (Wildman–Crippen MR) is 104 cm³/mol. The SMILES string of the molecule is CCC(CC)C(CNC(=NC)NCC1(CCOC)CCC1)N(C)C. The van der Waals surface area contributed by atoms with Crippen molar-refractivity contribution < 1.29 is 4.74 Å². The van der Waals surface area contributed by atoms with E-state index in [-0.39, 0.29) is 0 Å². The van der Waals surface area contributed by atoms with Gasteiger partial charge >= 0.3 is 0 Å². The van der Waals surface area contributed by atoms with Gasteiger partial charge in [-0.05, 0) is 44.7 Å². The summed E-state index contributed by atoms with van der Waals surface area (Å²) in [6, 6.07) is 0.532. The highest BCUT2D eigenvalue weighted by atomic mass is 16.5. The first-order chi connectivity index (χ1) is 11.5. The van der Waals surface area contributed by atoms with E-state index in [2.05, 4.69) is 48.5 Å². The molecule has 2 N–H and O–H groups in total. The van der Waals surface area contributed by atoms with Crippen LogP contribution in [0.5, 0.6) is 0 Å². The van der Waals surface area contributed by atoms with Crippen LogP contribution in [-0.4, -0.2) is 64.9 Å². The quantitative estimate of drug-likeness (QED) is 0.448. The van der Waals surface area contributed by atoms with Crippen LogP contribution in [0.15, 0.2) is 4.99 Å². The number of hydrogen-bond acceptors (Lipinski definition) is 3. The number of guanidine groups is 1. The number of hydrogen-bond donors (Lipinski definition) is 2. The maximum atomic E-state index is 5.28.